The van der Waals surface area contributed by atoms with Crippen LogP contribution in [-0.2, 0) is 6.42 Å². The van der Waals surface area contributed by atoms with Gasteiger partial charge in [-0.15, -0.1) is 0 Å². The molecule has 0 saturated carbocycles. The van der Waals surface area contributed by atoms with E-state index in [4.69, 9.17) is 5.73 Å². The summed E-state index contributed by atoms with van der Waals surface area (Å²) in [6.07, 6.45) is 1.55. The standard InChI is InChI=1S/C9H11NO/c10-7-3-1-6-2-4-9(11)8(6)5-7/h1,3,5,9,11H,2,4,10H2. The highest BCUT2D eigenvalue weighted by Crippen LogP contribution is 2.31. The van der Waals surface area contributed by atoms with E-state index in [9.17, 15) is 5.11 Å². The quantitative estimate of drug-likeness (QED) is 0.545. The number of benzene rings is 1. The van der Waals surface area contributed by atoms with Gasteiger partial charge in [-0.1, -0.05) is 6.07 Å². The van der Waals surface area contributed by atoms with E-state index in [1.165, 1.54) is 5.56 Å². The minimum Gasteiger partial charge on any atom is -0.399 e. The van der Waals surface area contributed by atoms with Crippen molar-refractivity contribution in [2.75, 3.05) is 5.73 Å². The summed E-state index contributed by atoms with van der Waals surface area (Å²) < 4.78 is 0. The summed E-state index contributed by atoms with van der Waals surface area (Å²) in [5.41, 5.74) is 8.58. The van der Waals surface area contributed by atoms with Crippen molar-refractivity contribution in [3.63, 3.8) is 0 Å². The van der Waals surface area contributed by atoms with Crippen LogP contribution in [0.5, 0.6) is 0 Å². The Morgan fingerprint density at radius 2 is 2.27 bits per heavy atom. The fraction of sp³-hybridized carbons (Fsp3) is 0.333. The summed E-state index contributed by atoms with van der Waals surface area (Å²) in [5, 5.41) is 9.45. The number of nitrogen functional groups attached to an aromatic ring is 1. The van der Waals surface area contributed by atoms with Crippen LogP contribution in [0.2, 0.25) is 0 Å². The van der Waals surface area contributed by atoms with E-state index in [2.05, 4.69) is 0 Å². The van der Waals surface area contributed by atoms with E-state index < -0.39 is 0 Å². The summed E-state index contributed by atoms with van der Waals surface area (Å²) in [5.74, 6) is 0. The zero-order valence-electron chi connectivity index (χ0n) is 6.25. The molecule has 2 rings (SSSR count). The van der Waals surface area contributed by atoms with Crippen LogP contribution in [0.15, 0.2) is 18.2 Å². The van der Waals surface area contributed by atoms with Crippen LogP contribution >= 0.6 is 0 Å². The molecule has 58 valence electrons. The van der Waals surface area contributed by atoms with Crippen molar-refractivity contribution < 1.29 is 5.11 Å². The maximum Gasteiger partial charge on any atom is 0.0796 e. The first-order valence-electron chi connectivity index (χ1n) is 3.84. The van der Waals surface area contributed by atoms with E-state index in [1.807, 2.05) is 18.2 Å². The average molecular weight is 149 g/mol. The first kappa shape index (κ1) is 6.68. The van der Waals surface area contributed by atoms with Crippen molar-refractivity contribution >= 4 is 5.69 Å². The topological polar surface area (TPSA) is 46.2 Å². The van der Waals surface area contributed by atoms with Crippen LogP contribution in [-0.4, -0.2) is 5.11 Å². The molecule has 2 nitrogen and oxygen atoms in total. The molecule has 0 spiro atoms. The second-order valence-corrected chi connectivity index (χ2v) is 3.01. The van der Waals surface area contributed by atoms with Gasteiger partial charge in [0.05, 0.1) is 6.10 Å². The van der Waals surface area contributed by atoms with Gasteiger partial charge in [-0.05, 0) is 36.1 Å². The predicted molar refractivity (Wildman–Crippen MR) is 44.1 cm³/mol. The highest BCUT2D eigenvalue weighted by Gasteiger charge is 2.19. The number of aliphatic hydroxyl groups excluding tert-OH is 1. The first-order chi connectivity index (χ1) is 5.27. The van der Waals surface area contributed by atoms with Crippen molar-refractivity contribution in [3.05, 3.63) is 29.3 Å². The minimum absolute atomic E-state index is 0.284. The van der Waals surface area contributed by atoms with Crippen LogP contribution in [0.3, 0.4) is 0 Å². The van der Waals surface area contributed by atoms with Gasteiger partial charge in [-0.2, -0.15) is 0 Å². The lowest BCUT2D eigenvalue weighted by atomic mass is 10.1. The Morgan fingerprint density at radius 3 is 3.09 bits per heavy atom. The summed E-state index contributed by atoms with van der Waals surface area (Å²) in [6, 6.07) is 5.75. The van der Waals surface area contributed by atoms with Gasteiger partial charge in [0.15, 0.2) is 0 Å². The van der Waals surface area contributed by atoms with Gasteiger partial charge < -0.3 is 10.8 Å². The minimum atomic E-state index is -0.284. The Balaban J connectivity index is 2.52. The maximum absolute atomic E-state index is 9.45. The van der Waals surface area contributed by atoms with E-state index in [0.29, 0.717) is 0 Å². The third kappa shape index (κ3) is 0.994. The van der Waals surface area contributed by atoms with E-state index >= 15 is 0 Å². The van der Waals surface area contributed by atoms with Gasteiger partial charge in [0, 0.05) is 5.69 Å². The smallest absolute Gasteiger partial charge is 0.0796 e. The van der Waals surface area contributed by atoms with Crippen LogP contribution in [0.1, 0.15) is 23.7 Å². The third-order valence-electron chi connectivity index (χ3n) is 2.22. The summed E-state index contributed by atoms with van der Waals surface area (Å²) in [4.78, 5) is 0. The summed E-state index contributed by atoms with van der Waals surface area (Å²) in [7, 11) is 0. The molecule has 1 aliphatic rings. The number of anilines is 1. The number of hydrogen-bond acceptors (Lipinski definition) is 2. The molecule has 1 aromatic rings. The number of nitrogens with two attached hydrogens (primary N) is 1. The molecule has 0 aliphatic heterocycles. The van der Waals surface area contributed by atoms with Crippen molar-refractivity contribution in [2.24, 2.45) is 0 Å². The molecule has 0 amide bonds. The number of hydrogen-bond donors (Lipinski definition) is 2. The molecule has 1 aromatic carbocycles. The zero-order valence-corrected chi connectivity index (χ0v) is 6.25. The van der Waals surface area contributed by atoms with Crippen molar-refractivity contribution in [3.8, 4) is 0 Å². The molecule has 1 unspecified atom stereocenters. The molecule has 0 heterocycles. The second kappa shape index (κ2) is 2.24. The van der Waals surface area contributed by atoms with Crippen molar-refractivity contribution in [1.29, 1.82) is 0 Å². The molecule has 3 N–H and O–H groups in total. The summed E-state index contributed by atoms with van der Waals surface area (Å²) >= 11 is 0. The molecule has 1 atom stereocenters. The average Bonchev–Trinajstić information content (AvgIpc) is 2.33. The van der Waals surface area contributed by atoms with Gasteiger partial charge >= 0.3 is 0 Å². The van der Waals surface area contributed by atoms with Crippen LogP contribution in [0.25, 0.3) is 0 Å². The van der Waals surface area contributed by atoms with Crippen molar-refractivity contribution in [2.45, 2.75) is 18.9 Å². The van der Waals surface area contributed by atoms with Gasteiger partial charge in [-0.25, -0.2) is 0 Å². The lowest BCUT2D eigenvalue weighted by Crippen LogP contribution is -1.92. The molecule has 0 fully saturated rings. The molecule has 11 heavy (non-hydrogen) atoms. The molecular weight excluding hydrogens is 138 g/mol. The fourth-order valence-corrected chi connectivity index (χ4v) is 1.60. The Morgan fingerprint density at radius 1 is 1.45 bits per heavy atom. The Hall–Kier alpha value is -1.02. The zero-order chi connectivity index (χ0) is 7.84. The van der Waals surface area contributed by atoms with Crippen LogP contribution in [0.4, 0.5) is 5.69 Å². The van der Waals surface area contributed by atoms with E-state index in [0.717, 1.165) is 24.1 Å². The van der Waals surface area contributed by atoms with E-state index in [1.54, 1.807) is 0 Å². The second-order valence-electron chi connectivity index (χ2n) is 3.01. The predicted octanol–water partition coefficient (Wildman–Crippen LogP) is 1.25. The monoisotopic (exact) mass is 149 g/mol. The normalized spacial score (nSPS) is 21.7. The number of rotatable bonds is 0. The Kier molecular flexibility index (Phi) is 1.36. The molecule has 0 bridgehead atoms. The molecule has 0 aromatic heterocycles. The van der Waals surface area contributed by atoms with E-state index in [-0.39, 0.29) is 6.10 Å². The van der Waals surface area contributed by atoms with Crippen LogP contribution in [0, 0.1) is 0 Å². The number of aryl methyl sites for hydroxylation is 1. The van der Waals surface area contributed by atoms with Gasteiger partial charge in [0.1, 0.15) is 0 Å². The lowest BCUT2D eigenvalue weighted by Gasteiger charge is -2.03. The molecular formula is C9H11NO. The summed E-state index contributed by atoms with van der Waals surface area (Å²) in [6.45, 7) is 0. The van der Waals surface area contributed by atoms with Gasteiger partial charge in [0.2, 0.25) is 0 Å². The fourth-order valence-electron chi connectivity index (χ4n) is 1.60. The Bertz CT molecular complexity index is 283. The first-order valence-corrected chi connectivity index (χ1v) is 3.84. The largest absolute Gasteiger partial charge is 0.399 e. The Labute approximate surface area is 65.7 Å². The number of aliphatic hydroxyl groups is 1. The maximum atomic E-state index is 9.45. The molecule has 0 radical (unpaired) electrons. The molecule has 0 saturated heterocycles. The van der Waals surface area contributed by atoms with Gasteiger partial charge in [-0.3, -0.25) is 0 Å². The third-order valence-corrected chi connectivity index (χ3v) is 2.22. The molecule has 1 aliphatic carbocycles. The number of fused-ring (bicyclic) bond motifs is 1. The SMILES string of the molecule is Nc1ccc2c(c1)C(O)CC2. The van der Waals surface area contributed by atoms with Crippen molar-refractivity contribution in [1.82, 2.24) is 0 Å². The molecule has 2 heteroatoms. The van der Waals surface area contributed by atoms with Crippen LogP contribution < -0.4 is 5.73 Å². The highest BCUT2D eigenvalue weighted by molar-refractivity contribution is 5.47. The highest BCUT2D eigenvalue weighted by atomic mass is 16.3. The van der Waals surface area contributed by atoms with Gasteiger partial charge in [0.25, 0.3) is 0 Å². The lowest BCUT2D eigenvalue weighted by molar-refractivity contribution is 0.180.